The lowest BCUT2D eigenvalue weighted by Crippen LogP contribution is -2.48. The average Bonchev–Trinajstić information content (AvgIpc) is 2.60. The van der Waals surface area contributed by atoms with E-state index in [2.05, 4.69) is 25.7 Å². The third-order valence-electron chi connectivity index (χ3n) is 4.44. The second kappa shape index (κ2) is 12.2. The molecule has 0 amide bonds. The van der Waals surface area contributed by atoms with Crippen LogP contribution < -0.4 is 0 Å². The van der Waals surface area contributed by atoms with Gasteiger partial charge in [0.2, 0.25) is 0 Å². The monoisotopic (exact) mass is 399 g/mol. The Morgan fingerprint density at radius 2 is 1.16 bits per heavy atom. The molecule has 0 aromatic rings. The van der Waals surface area contributed by atoms with Crippen LogP contribution in [-0.2, 0) is 23.7 Å². The van der Waals surface area contributed by atoms with Crippen LogP contribution in [0.15, 0.2) is 0 Å². The van der Waals surface area contributed by atoms with Crippen molar-refractivity contribution in [1.82, 2.24) is 4.90 Å². The van der Waals surface area contributed by atoms with E-state index in [9.17, 15) is 0 Å². The molecule has 0 aliphatic rings. The first-order chi connectivity index (χ1) is 11.7. The molecule has 0 aromatic carbocycles. The zero-order valence-corrected chi connectivity index (χ0v) is 19.6. The molecule has 5 atom stereocenters. The minimum Gasteiger partial charge on any atom is -0.363 e. The summed E-state index contributed by atoms with van der Waals surface area (Å²) >= 11 is 0. The maximum atomic E-state index is 6.03. The van der Waals surface area contributed by atoms with Gasteiger partial charge in [0.25, 0.3) is 0 Å². The first-order valence-corrected chi connectivity index (χ1v) is 11.0. The first kappa shape index (κ1) is 25.6. The van der Waals surface area contributed by atoms with Crippen LogP contribution >= 0.6 is 17.2 Å². The molecular formula is C17H39NO5P2. The van der Waals surface area contributed by atoms with E-state index < -0.39 is 11.1 Å². The predicted octanol–water partition coefficient (Wildman–Crippen LogP) is 4.04. The van der Waals surface area contributed by atoms with Crippen LogP contribution in [0.4, 0.5) is 0 Å². The van der Waals surface area contributed by atoms with Crippen molar-refractivity contribution in [2.75, 3.05) is 35.0 Å². The molecule has 0 aliphatic carbocycles. The summed E-state index contributed by atoms with van der Waals surface area (Å²) in [6.45, 7) is 13.2. The van der Waals surface area contributed by atoms with Gasteiger partial charge in [-0.3, -0.25) is 4.90 Å². The highest BCUT2D eigenvalue weighted by Crippen LogP contribution is 2.45. The van der Waals surface area contributed by atoms with Crippen LogP contribution in [-0.4, -0.2) is 68.8 Å². The SMILES string of the molecule is CCOC(CC)N(C(C)PC(C)(OC)OC)C(C)PC(C)(OC)OC. The molecule has 0 aromatic heterocycles. The van der Waals surface area contributed by atoms with Gasteiger partial charge < -0.3 is 23.7 Å². The van der Waals surface area contributed by atoms with Crippen LogP contribution in [0.25, 0.3) is 0 Å². The van der Waals surface area contributed by atoms with E-state index in [-0.39, 0.29) is 17.8 Å². The maximum absolute atomic E-state index is 6.03. The average molecular weight is 399 g/mol. The van der Waals surface area contributed by atoms with E-state index in [4.69, 9.17) is 23.7 Å². The lowest BCUT2D eigenvalue weighted by molar-refractivity contribution is -0.129. The van der Waals surface area contributed by atoms with Gasteiger partial charge in [0.1, 0.15) is 6.23 Å². The van der Waals surface area contributed by atoms with Gasteiger partial charge in [0.15, 0.2) is 11.1 Å². The molecule has 0 bridgehead atoms. The molecule has 6 nitrogen and oxygen atoms in total. The van der Waals surface area contributed by atoms with Crippen molar-refractivity contribution >= 4 is 17.2 Å². The fourth-order valence-corrected chi connectivity index (χ4v) is 5.97. The lowest BCUT2D eigenvalue weighted by atomic mass is 10.3. The first-order valence-electron chi connectivity index (χ1n) is 8.80. The van der Waals surface area contributed by atoms with Gasteiger partial charge in [-0.2, -0.15) is 0 Å². The number of hydrogen-bond donors (Lipinski definition) is 0. The number of hydrogen-bond acceptors (Lipinski definition) is 6. The molecule has 0 saturated heterocycles. The Labute approximate surface area is 158 Å². The zero-order valence-electron chi connectivity index (χ0n) is 17.6. The van der Waals surface area contributed by atoms with E-state index in [0.717, 1.165) is 6.42 Å². The topological polar surface area (TPSA) is 49.4 Å². The van der Waals surface area contributed by atoms with E-state index >= 15 is 0 Å². The molecule has 0 radical (unpaired) electrons. The van der Waals surface area contributed by atoms with Crippen LogP contribution in [0, 0.1) is 0 Å². The normalized spacial score (nSPS) is 17.9. The highest BCUT2D eigenvalue weighted by atomic mass is 31.1. The van der Waals surface area contributed by atoms with Crippen molar-refractivity contribution in [3.63, 3.8) is 0 Å². The Bertz CT molecular complexity index is 328. The molecule has 25 heavy (non-hydrogen) atoms. The highest BCUT2D eigenvalue weighted by molar-refractivity contribution is 7.41. The highest BCUT2D eigenvalue weighted by Gasteiger charge is 2.37. The van der Waals surface area contributed by atoms with Crippen molar-refractivity contribution in [1.29, 1.82) is 0 Å². The van der Waals surface area contributed by atoms with Gasteiger partial charge in [-0.1, -0.05) is 6.92 Å². The molecule has 0 spiro atoms. The summed E-state index contributed by atoms with van der Waals surface area (Å²) in [5.74, 6) is 0.448. The summed E-state index contributed by atoms with van der Waals surface area (Å²) in [6.07, 6.45) is 0.941. The molecule has 0 rings (SSSR count). The van der Waals surface area contributed by atoms with Crippen molar-refractivity contribution < 1.29 is 23.7 Å². The van der Waals surface area contributed by atoms with Crippen molar-refractivity contribution in [3.05, 3.63) is 0 Å². The van der Waals surface area contributed by atoms with Crippen LogP contribution in [0.5, 0.6) is 0 Å². The quantitative estimate of drug-likeness (QED) is 0.325. The Hall–Kier alpha value is 0.620. The molecule has 152 valence electrons. The van der Waals surface area contributed by atoms with Crippen molar-refractivity contribution in [2.24, 2.45) is 0 Å². The fourth-order valence-electron chi connectivity index (χ4n) is 2.75. The second-order valence-electron chi connectivity index (χ2n) is 6.11. The number of ether oxygens (including phenoxy) is 5. The number of nitrogens with zero attached hydrogens (tertiary/aromatic N) is 1. The summed E-state index contributed by atoms with van der Waals surface area (Å²) in [4.78, 5) is 2.41. The number of rotatable bonds is 14. The maximum Gasteiger partial charge on any atom is 0.181 e. The minimum absolute atomic E-state index is 0.0333. The molecule has 0 heterocycles. The smallest absolute Gasteiger partial charge is 0.181 e. The van der Waals surface area contributed by atoms with Gasteiger partial charge in [0.05, 0.1) is 0 Å². The van der Waals surface area contributed by atoms with Gasteiger partial charge in [-0.15, -0.1) is 0 Å². The van der Waals surface area contributed by atoms with Crippen molar-refractivity contribution in [3.8, 4) is 0 Å². The summed E-state index contributed by atoms with van der Waals surface area (Å²) < 4.78 is 28.3. The minimum atomic E-state index is -0.600. The summed E-state index contributed by atoms with van der Waals surface area (Å²) in [7, 11) is 7.61. The summed E-state index contributed by atoms with van der Waals surface area (Å²) in [5.41, 5.74) is -1.20. The van der Waals surface area contributed by atoms with Crippen LogP contribution in [0.2, 0.25) is 0 Å². The Morgan fingerprint density at radius 3 is 1.40 bits per heavy atom. The Morgan fingerprint density at radius 1 is 0.800 bits per heavy atom. The molecule has 0 fully saturated rings. The molecule has 5 unspecified atom stereocenters. The number of methoxy groups -OCH3 is 4. The van der Waals surface area contributed by atoms with Gasteiger partial charge >= 0.3 is 0 Å². The largest absolute Gasteiger partial charge is 0.363 e. The van der Waals surface area contributed by atoms with Gasteiger partial charge in [-0.25, -0.2) is 0 Å². The molecule has 0 aliphatic heterocycles. The standard InChI is InChI=1S/C17H39NO5P2/c1-11-15(23-12-2)18(13(3)24-16(5,19-7)20-8)14(4)25-17(6,21-9)22-10/h13-15,24-25H,11-12H2,1-10H3. The van der Waals surface area contributed by atoms with Crippen molar-refractivity contribution in [2.45, 2.75) is 76.8 Å². The second-order valence-corrected chi connectivity index (χ2v) is 10.2. The van der Waals surface area contributed by atoms with E-state index in [0.29, 0.717) is 23.8 Å². The van der Waals surface area contributed by atoms with E-state index in [1.54, 1.807) is 28.4 Å². The molecule has 8 heteroatoms. The predicted molar refractivity (Wildman–Crippen MR) is 108 cm³/mol. The summed E-state index contributed by atoms with van der Waals surface area (Å²) in [5, 5.41) is 0. The lowest BCUT2D eigenvalue weighted by Gasteiger charge is -2.44. The molecular weight excluding hydrogens is 360 g/mol. The summed E-state index contributed by atoms with van der Waals surface area (Å²) in [6, 6.07) is 0. The third-order valence-corrected chi connectivity index (χ3v) is 7.73. The van der Waals surface area contributed by atoms with E-state index in [1.807, 2.05) is 20.8 Å². The fraction of sp³-hybridized carbons (Fsp3) is 1.00. The van der Waals surface area contributed by atoms with Crippen LogP contribution in [0.1, 0.15) is 48.0 Å². The van der Waals surface area contributed by atoms with Crippen LogP contribution in [0.3, 0.4) is 0 Å². The van der Waals surface area contributed by atoms with E-state index in [1.165, 1.54) is 0 Å². The third kappa shape index (κ3) is 8.02. The Kier molecular flexibility index (Phi) is 12.5. The Balaban J connectivity index is 5.46. The zero-order chi connectivity index (χ0) is 19.7. The molecule has 0 saturated carbocycles. The van der Waals surface area contributed by atoms with Gasteiger partial charge in [-0.05, 0) is 58.2 Å². The van der Waals surface area contributed by atoms with Gasteiger partial charge in [0, 0.05) is 46.6 Å². The molecule has 0 N–H and O–H groups in total.